The number of benzene rings is 1. The third-order valence-corrected chi connectivity index (χ3v) is 7.22. The van der Waals surface area contributed by atoms with Gasteiger partial charge in [-0.05, 0) is 64.4 Å². The molecule has 5 nitrogen and oxygen atoms in total. The Bertz CT molecular complexity index is 718. The van der Waals surface area contributed by atoms with E-state index in [2.05, 4.69) is 35.6 Å². The predicted molar refractivity (Wildman–Crippen MR) is 123 cm³/mol. The van der Waals surface area contributed by atoms with Gasteiger partial charge in [0.25, 0.3) is 0 Å². The molecular weight excluding hydrogens is 388 g/mol. The second-order valence-corrected chi connectivity index (χ2v) is 11.0. The van der Waals surface area contributed by atoms with Crippen LogP contribution in [-0.4, -0.2) is 55.5 Å². The Hall–Kier alpha value is -1.59. The monoisotopic (exact) mass is 428 g/mol. The van der Waals surface area contributed by atoms with Gasteiger partial charge in [0.2, 0.25) is 0 Å². The number of hydrogen-bond donors (Lipinski definition) is 1. The highest BCUT2D eigenvalue weighted by Gasteiger charge is 2.42. The molecule has 0 aromatic heterocycles. The van der Waals surface area contributed by atoms with E-state index in [0.29, 0.717) is 12.0 Å². The lowest BCUT2D eigenvalue weighted by Crippen LogP contribution is -2.50. The largest absolute Gasteiger partial charge is 0.444 e. The van der Waals surface area contributed by atoms with Gasteiger partial charge in [-0.2, -0.15) is 0 Å². The van der Waals surface area contributed by atoms with Gasteiger partial charge in [0.05, 0.1) is 6.61 Å². The number of amides is 1. The second-order valence-electron chi connectivity index (χ2n) is 11.0. The summed E-state index contributed by atoms with van der Waals surface area (Å²) in [6, 6.07) is 11.4. The Labute approximate surface area is 187 Å². The SMILES string of the molecule is CC(C)(C)OC(=O)N1CCC(CN[C@@H]2CC2c2ccccc2)(COCC2CCC2)CC1. The minimum Gasteiger partial charge on any atom is -0.444 e. The molecule has 31 heavy (non-hydrogen) atoms. The Morgan fingerprint density at radius 2 is 1.87 bits per heavy atom. The average Bonchev–Trinajstić information content (AvgIpc) is 3.48. The highest BCUT2D eigenvalue weighted by Crippen LogP contribution is 2.42. The number of carbonyl (C=O) groups is 1. The van der Waals surface area contributed by atoms with Gasteiger partial charge in [0.1, 0.15) is 5.60 Å². The molecule has 1 aliphatic heterocycles. The van der Waals surface area contributed by atoms with E-state index < -0.39 is 5.60 Å². The first-order valence-corrected chi connectivity index (χ1v) is 12.2. The summed E-state index contributed by atoms with van der Waals surface area (Å²) in [5.74, 6) is 1.40. The van der Waals surface area contributed by atoms with Gasteiger partial charge in [-0.1, -0.05) is 36.8 Å². The first-order chi connectivity index (χ1) is 14.8. The lowest BCUT2D eigenvalue weighted by Gasteiger charge is -2.42. The minimum absolute atomic E-state index is 0.103. The summed E-state index contributed by atoms with van der Waals surface area (Å²) < 4.78 is 11.8. The number of ether oxygens (including phenoxy) is 2. The molecule has 1 aromatic rings. The highest BCUT2D eigenvalue weighted by atomic mass is 16.6. The predicted octanol–water partition coefficient (Wildman–Crippen LogP) is 4.97. The van der Waals surface area contributed by atoms with Crippen molar-refractivity contribution in [3.05, 3.63) is 35.9 Å². The molecule has 4 rings (SSSR count). The molecule has 0 radical (unpaired) electrons. The van der Waals surface area contributed by atoms with Crippen LogP contribution in [0.2, 0.25) is 0 Å². The number of nitrogens with zero attached hydrogens (tertiary/aromatic N) is 1. The molecule has 0 bridgehead atoms. The molecule has 1 unspecified atom stereocenters. The van der Waals surface area contributed by atoms with Gasteiger partial charge in [-0.25, -0.2) is 4.79 Å². The van der Waals surface area contributed by atoms with E-state index in [4.69, 9.17) is 9.47 Å². The fourth-order valence-electron chi connectivity index (χ4n) is 4.80. The highest BCUT2D eigenvalue weighted by molar-refractivity contribution is 5.68. The van der Waals surface area contributed by atoms with Crippen molar-refractivity contribution < 1.29 is 14.3 Å². The summed E-state index contributed by atoms with van der Waals surface area (Å²) in [4.78, 5) is 14.4. The zero-order valence-electron chi connectivity index (χ0n) is 19.6. The topological polar surface area (TPSA) is 50.8 Å². The van der Waals surface area contributed by atoms with Crippen LogP contribution >= 0.6 is 0 Å². The van der Waals surface area contributed by atoms with E-state index >= 15 is 0 Å². The summed E-state index contributed by atoms with van der Waals surface area (Å²) in [6.07, 6.45) is 6.95. The number of likely N-dealkylation sites (tertiary alicyclic amines) is 1. The summed E-state index contributed by atoms with van der Waals surface area (Å²) >= 11 is 0. The maximum atomic E-state index is 12.5. The molecule has 3 fully saturated rings. The van der Waals surface area contributed by atoms with Crippen molar-refractivity contribution >= 4 is 6.09 Å². The smallest absolute Gasteiger partial charge is 0.410 e. The first kappa shape index (κ1) is 22.6. The van der Waals surface area contributed by atoms with Crippen LogP contribution in [0.4, 0.5) is 4.79 Å². The zero-order chi connectivity index (χ0) is 21.9. The molecule has 1 amide bonds. The maximum Gasteiger partial charge on any atom is 0.410 e. The van der Waals surface area contributed by atoms with Crippen molar-refractivity contribution in [3.63, 3.8) is 0 Å². The van der Waals surface area contributed by atoms with E-state index in [1.165, 1.54) is 31.2 Å². The van der Waals surface area contributed by atoms with Crippen LogP contribution in [0, 0.1) is 11.3 Å². The van der Waals surface area contributed by atoms with Crippen LogP contribution in [0.3, 0.4) is 0 Å². The van der Waals surface area contributed by atoms with E-state index in [0.717, 1.165) is 51.6 Å². The van der Waals surface area contributed by atoms with Crippen molar-refractivity contribution in [2.24, 2.45) is 11.3 Å². The summed E-state index contributed by atoms with van der Waals surface area (Å²) in [6.45, 7) is 9.93. The van der Waals surface area contributed by atoms with Crippen molar-refractivity contribution in [2.45, 2.75) is 76.9 Å². The molecule has 1 N–H and O–H groups in total. The van der Waals surface area contributed by atoms with Gasteiger partial charge >= 0.3 is 6.09 Å². The minimum atomic E-state index is -0.447. The second kappa shape index (κ2) is 9.50. The van der Waals surface area contributed by atoms with Crippen molar-refractivity contribution in [3.8, 4) is 0 Å². The quantitative estimate of drug-likeness (QED) is 0.635. The molecule has 0 spiro atoms. The lowest BCUT2D eigenvalue weighted by molar-refractivity contribution is -0.0285. The molecule has 5 heteroatoms. The van der Waals surface area contributed by atoms with E-state index in [9.17, 15) is 4.79 Å². The number of carbonyl (C=O) groups excluding carboxylic acids is 1. The van der Waals surface area contributed by atoms with Gasteiger partial charge in [0.15, 0.2) is 0 Å². The Balaban J connectivity index is 1.30. The molecule has 172 valence electrons. The van der Waals surface area contributed by atoms with Crippen LogP contribution in [-0.2, 0) is 9.47 Å². The molecular formula is C26H40N2O3. The van der Waals surface area contributed by atoms with Crippen molar-refractivity contribution in [1.82, 2.24) is 10.2 Å². The van der Waals surface area contributed by atoms with Crippen molar-refractivity contribution in [2.75, 3.05) is 32.8 Å². The molecule has 2 atom stereocenters. The van der Waals surface area contributed by atoms with E-state index in [1.54, 1.807) is 0 Å². The average molecular weight is 429 g/mol. The summed E-state index contributed by atoms with van der Waals surface area (Å²) in [5.41, 5.74) is 1.10. The van der Waals surface area contributed by atoms with Crippen LogP contribution in [0.1, 0.15) is 70.8 Å². The van der Waals surface area contributed by atoms with E-state index in [-0.39, 0.29) is 11.5 Å². The van der Waals surface area contributed by atoms with Crippen molar-refractivity contribution in [1.29, 1.82) is 0 Å². The van der Waals surface area contributed by atoms with Gasteiger partial charge in [0, 0.05) is 43.6 Å². The normalized spacial score (nSPS) is 25.7. The van der Waals surface area contributed by atoms with Crippen LogP contribution in [0.5, 0.6) is 0 Å². The Morgan fingerprint density at radius 3 is 2.48 bits per heavy atom. The first-order valence-electron chi connectivity index (χ1n) is 12.2. The molecule has 3 aliphatic rings. The molecule has 1 saturated heterocycles. The number of rotatable bonds is 8. The van der Waals surface area contributed by atoms with Gasteiger partial charge < -0.3 is 19.7 Å². The Kier molecular flexibility index (Phi) is 6.92. The number of piperidine rings is 1. The van der Waals surface area contributed by atoms with Crippen LogP contribution < -0.4 is 5.32 Å². The van der Waals surface area contributed by atoms with Crippen LogP contribution in [0.25, 0.3) is 0 Å². The summed E-state index contributed by atoms with van der Waals surface area (Å²) in [5, 5.41) is 3.85. The third-order valence-electron chi connectivity index (χ3n) is 7.22. The van der Waals surface area contributed by atoms with E-state index in [1.807, 2.05) is 25.7 Å². The Morgan fingerprint density at radius 1 is 1.16 bits per heavy atom. The van der Waals surface area contributed by atoms with Gasteiger partial charge in [-0.3, -0.25) is 0 Å². The maximum absolute atomic E-state index is 12.5. The fraction of sp³-hybridized carbons (Fsp3) is 0.731. The zero-order valence-corrected chi connectivity index (χ0v) is 19.6. The number of hydrogen-bond acceptors (Lipinski definition) is 4. The molecule has 1 heterocycles. The lowest BCUT2D eigenvalue weighted by atomic mass is 9.78. The fourth-order valence-corrected chi connectivity index (χ4v) is 4.80. The standard InChI is InChI=1S/C26H40N2O3/c1-25(2,3)31-24(29)28-14-12-26(13-15-28,19-30-17-20-8-7-9-20)18-27-23-16-22(23)21-10-5-4-6-11-21/h4-6,10-11,20,22-23,27H,7-9,12-19H2,1-3H3/t22?,23-/m1/s1. The molecule has 2 saturated carbocycles. The van der Waals surface area contributed by atoms with Crippen LogP contribution in [0.15, 0.2) is 30.3 Å². The summed E-state index contributed by atoms with van der Waals surface area (Å²) in [7, 11) is 0. The molecule has 2 aliphatic carbocycles. The third kappa shape index (κ3) is 6.23. The molecule has 1 aromatic carbocycles. The van der Waals surface area contributed by atoms with Gasteiger partial charge in [-0.15, -0.1) is 0 Å². The number of nitrogens with one attached hydrogen (secondary N) is 1.